The molecule has 4 nitrogen and oxygen atoms in total. The molecule has 1 rings (SSSR count). The second-order valence-corrected chi connectivity index (χ2v) is 4.10. The van der Waals surface area contributed by atoms with Crippen molar-refractivity contribution in [1.29, 1.82) is 0 Å². The van der Waals surface area contributed by atoms with Crippen molar-refractivity contribution in [2.75, 3.05) is 6.54 Å². The van der Waals surface area contributed by atoms with Crippen molar-refractivity contribution >= 4 is 17.2 Å². The Hall–Kier alpha value is -0.940. The summed E-state index contributed by atoms with van der Waals surface area (Å²) >= 11 is 1.54. The van der Waals surface area contributed by atoms with Crippen molar-refractivity contribution in [1.82, 2.24) is 10.3 Å². The third kappa shape index (κ3) is 3.43. The molecule has 1 heterocycles. The first-order valence-corrected chi connectivity index (χ1v) is 5.48. The molecule has 0 saturated carbocycles. The fraction of sp³-hybridized carbons (Fsp3) is 0.556. The van der Waals surface area contributed by atoms with E-state index in [9.17, 15) is 4.79 Å². The number of carbonyl (C=O) groups is 1. The third-order valence-corrected chi connectivity index (χ3v) is 2.72. The lowest BCUT2D eigenvalue weighted by atomic mass is 10.1. The van der Waals surface area contributed by atoms with Crippen LogP contribution in [0.25, 0.3) is 0 Å². The molecular weight excluding hydrogens is 198 g/mol. The zero-order chi connectivity index (χ0) is 10.4. The molecule has 0 aromatic carbocycles. The Morgan fingerprint density at radius 3 is 3.14 bits per heavy atom. The van der Waals surface area contributed by atoms with Crippen LogP contribution in [0, 0.1) is 5.92 Å². The van der Waals surface area contributed by atoms with Crippen LogP contribution in [0.3, 0.4) is 0 Å². The monoisotopic (exact) mass is 213 g/mol. The molecule has 0 aliphatic heterocycles. The molecule has 1 aromatic heterocycles. The van der Waals surface area contributed by atoms with Crippen LogP contribution in [0.15, 0.2) is 11.6 Å². The van der Waals surface area contributed by atoms with E-state index in [1.54, 1.807) is 6.20 Å². The van der Waals surface area contributed by atoms with Gasteiger partial charge in [-0.05, 0) is 13.0 Å². The SMILES string of the molecule is CC(CCN)C(=O)NCc1nccs1. The summed E-state index contributed by atoms with van der Waals surface area (Å²) in [4.78, 5) is 15.5. The van der Waals surface area contributed by atoms with Gasteiger partial charge in [-0.25, -0.2) is 4.98 Å². The van der Waals surface area contributed by atoms with Gasteiger partial charge in [-0.15, -0.1) is 11.3 Å². The summed E-state index contributed by atoms with van der Waals surface area (Å²) in [5, 5.41) is 5.65. The number of nitrogens with zero attached hydrogens (tertiary/aromatic N) is 1. The quantitative estimate of drug-likeness (QED) is 0.758. The summed E-state index contributed by atoms with van der Waals surface area (Å²) in [6, 6.07) is 0. The molecule has 14 heavy (non-hydrogen) atoms. The van der Waals surface area contributed by atoms with Gasteiger partial charge < -0.3 is 11.1 Å². The molecule has 0 saturated heterocycles. The van der Waals surface area contributed by atoms with Crippen LogP contribution >= 0.6 is 11.3 Å². The number of nitrogens with one attached hydrogen (secondary N) is 1. The van der Waals surface area contributed by atoms with Crippen molar-refractivity contribution in [2.45, 2.75) is 19.9 Å². The first-order valence-electron chi connectivity index (χ1n) is 4.60. The van der Waals surface area contributed by atoms with E-state index < -0.39 is 0 Å². The van der Waals surface area contributed by atoms with Crippen LogP contribution in [0.1, 0.15) is 18.4 Å². The van der Waals surface area contributed by atoms with Crippen molar-refractivity contribution in [3.8, 4) is 0 Å². The van der Waals surface area contributed by atoms with Crippen LogP contribution < -0.4 is 11.1 Å². The van der Waals surface area contributed by atoms with E-state index in [-0.39, 0.29) is 11.8 Å². The van der Waals surface area contributed by atoms with E-state index in [0.717, 1.165) is 11.4 Å². The van der Waals surface area contributed by atoms with Gasteiger partial charge in [-0.1, -0.05) is 6.92 Å². The normalized spacial score (nSPS) is 12.4. The zero-order valence-corrected chi connectivity index (χ0v) is 9.01. The molecule has 0 bridgehead atoms. The largest absolute Gasteiger partial charge is 0.349 e. The molecular formula is C9H15N3OS. The molecule has 5 heteroatoms. The summed E-state index contributed by atoms with van der Waals surface area (Å²) < 4.78 is 0. The molecule has 0 spiro atoms. The Balaban J connectivity index is 2.27. The average molecular weight is 213 g/mol. The number of carbonyl (C=O) groups excluding carboxylic acids is 1. The van der Waals surface area contributed by atoms with Gasteiger partial charge >= 0.3 is 0 Å². The fourth-order valence-electron chi connectivity index (χ4n) is 1.06. The molecule has 0 aliphatic rings. The van der Waals surface area contributed by atoms with Gasteiger partial charge in [0.05, 0.1) is 6.54 Å². The lowest BCUT2D eigenvalue weighted by Crippen LogP contribution is -2.29. The van der Waals surface area contributed by atoms with Gasteiger partial charge in [0.2, 0.25) is 5.91 Å². The third-order valence-electron chi connectivity index (χ3n) is 1.94. The highest BCUT2D eigenvalue weighted by atomic mass is 32.1. The number of rotatable bonds is 5. The summed E-state index contributed by atoms with van der Waals surface area (Å²) in [5.74, 6) is 0.0330. The van der Waals surface area contributed by atoms with Crippen LogP contribution in [-0.2, 0) is 11.3 Å². The molecule has 0 aliphatic carbocycles. The van der Waals surface area contributed by atoms with Crippen molar-refractivity contribution in [3.05, 3.63) is 16.6 Å². The molecule has 0 fully saturated rings. The highest BCUT2D eigenvalue weighted by Gasteiger charge is 2.11. The smallest absolute Gasteiger partial charge is 0.223 e. The van der Waals surface area contributed by atoms with Crippen molar-refractivity contribution in [3.63, 3.8) is 0 Å². The van der Waals surface area contributed by atoms with E-state index in [2.05, 4.69) is 10.3 Å². The minimum absolute atomic E-state index is 0.0139. The Morgan fingerprint density at radius 1 is 1.79 bits per heavy atom. The molecule has 1 aromatic rings. The van der Waals surface area contributed by atoms with Crippen LogP contribution in [0.4, 0.5) is 0 Å². The maximum atomic E-state index is 11.4. The molecule has 0 radical (unpaired) electrons. The zero-order valence-electron chi connectivity index (χ0n) is 8.19. The second kappa shape index (κ2) is 5.72. The molecule has 1 unspecified atom stereocenters. The fourth-order valence-corrected chi connectivity index (χ4v) is 1.61. The average Bonchev–Trinajstić information content (AvgIpc) is 2.67. The van der Waals surface area contributed by atoms with E-state index in [4.69, 9.17) is 5.73 Å². The van der Waals surface area contributed by atoms with Gasteiger partial charge in [0.1, 0.15) is 5.01 Å². The predicted molar refractivity (Wildman–Crippen MR) is 56.8 cm³/mol. The standard InChI is InChI=1S/C9H15N3OS/c1-7(2-3-10)9(13)12-6-8-11-4-5-14-8/h4-5,7H,2-3,6,10H2,1H3,(H,12,13). The number of hydrogen-bond acceptors (Lipinski definition) is 4. The van der Waals surface area contributed by atoms with Crippen LogP contribution in [0.2, 0.25) is 0 Å². The summed E-state index contributed by atoms with van der Waals surface area (Å²) in [5.41, 5.74) is 5.37. The minimum atomic E-state index is -0.0139. The maximum absolute atomic E-state index is 11.4. The Kier molecular flexibility index (Phi) is 4.55. The number of hydrogen-bond donors (Lipinski definition) is 2. The Morgan fingerprint density at radius 2 is 2.57 bits per heavy atom. The van der Waals surface area contributed by atoms with E-state index in [1.165, 1.54) is 11.3 Å². The molecule has 3 N–H and O–H groups in total. The second-order valence-electron chi connectivity index (χ2n) is 3.12. The van der Waals surface area contributed by atoms with E-state index in [1.807, 2.05) is 12.3 Å². The lowest BCUT2D eigenvalue weighted by Gasteiger charge is -2.09. The number of thiazole rings is 1. The summed E-state index contributed by atoms with van der Waals surface area (Å²) in [7, 11) is 0. The predicted octanol–water partition coefficient (Wildman–Crippen LogP) is 0.744. The Labute approximate surface area is 87.5 Å². The van der Waals surface area contributed by atoms with Gasteiger partial charge in [0.15, 0.2) is 0 Å². The van der Waals surface area contributed by atoms with Crippen LogP contribution in [0.5, 0.6) is 0 Å². The van der Waals surface area contributed by atoms with Crippen LogP contribution in [-0.4, -0.2) is 17.4 Å². The van der Waals surface area contributed by atoms with E-state index >= 15 is 0 Å². The number of amides is 1. The maximum Gasteiger partial charge on any atom is 0.223 e. The topological polar surface area (TPSA) is 68.0 Å². The minimum Gasteiger partial charge on any atom is -0.349 e. The van der Waals surface area contributed by atoms with E-state index in [0.29, 0.717) is 13.1 Å². The van der Waals surface area contributed by atoms with Gasteiger partial charge in [0.25, 0.3) is 0 Å². The highest BCUT2D eigenvalue weighted by Crippen LogP contribution is 2.04. The summed E-state index contributed by atoms with van der Waals surface area (Å²) in [6.07, 6.45) is 2.46. The van der Waals surface area contributed by atoms with Gasteiger partial charge in [-0.2, -0.15) is 0 Å². The van der Waals surface area contributed by atoms with Gasteiger partial charge in [-0.3, -0.25) is 4.79 Å². The van der Waals surface area contributed by atoms with Crippen molar-refractivity contribution in [2.24, 2.45) is 11.7 Å². The molecule has 1 amide bonds. The Bertz CT molecular complexity index is 274. The highest BCUT2D eigenvalue weighted by molar-refractivity contribution is 7.09. The van der Waals surface area contributed by atoms with Crippen molar-refractivity contribution < 1.29 is 4.79 Å². The summed E-state index contributed by atoms with van der Waals surface area (Å²) in [6.45, 7) is 2.95. The first kappa shape index (κ1) is 11.1. The number of nitrogens with two attached hydrogens (primary N) is 1. The molecule has 78 valence electrons. The van der Waals surface area contributed by atoms with Gasteiger partial charge in [0, 0.05) is 17.5 Å². The first-order chi connectivity index (χ1) is 6.74. The lowest BCUT2D eigenvalue weighted by molar-refractivity contribution is -0.124. The molecule has 1 atom stereocenters. The number of aromatic nitrogens is 1.